The Hall–Kier alpha value is -0.940. The maximum Gasteiger partial charge on any atom is 0.405 e. The summed E-state index contributed by atoms with van der Waals surface area (Å²) in [5.74, 6) is 0. The number of hydrogen-bond donors (Lipinski definition) is 1. The highest BCUT2D eigenvalue weighted by molar-refractivity contribution is 6.33. The van der Waals surface area contributed by atoms with Crippen molar-refractivity contribution in [2.24, 2.45) is 0 Å². The largest absolute Gasteiger partial charge is 0.405 e. The normalized spacial score (nSPS) is 11.7. The number of rotatable bonds is 8. The number of para-hydroxylation sites is 1. The monoisotopic (exact) mass is 322 g/mol. The van der Waals surface area contributed by atoms with Gasteiger partial charge >= 0.3 is 6.18 Å². The van der Waals surface area contributed by atoms with Crippen LogP contribution in [0.3, 0.4) is 0 Å². The molecule has 6 heteroatoms. The Labute approximate surface area is 129 Å². The van der Waals surface area contributed by atoms with E-state index in [0.717, 1.165) is 18.5 Å². The second-order valence-electron chi connectivity index (χ2n) is 4.96. The summed E-state index contributed by atoms with van der Waals surface area (Å²) < 4.78 is 38.4. The SMILES string of the molecule is CCCNCc1cccc(Cl)c1N(CCC)CC(F)(F)F. The first-order valence-corrected chi connectivity index (χ1v) is 7.56. The van der Waals surface area contributed by atoms with Crippen molar-refractivity contribution < 1.29 is 13.2 Å². The minimum absolute atomic E-state index is 0.323. The zero-order valence-corrected chi connectivity index (χ0v) is 13.2. The minimum atomic E-state index is -4.25. The lowest BCUT2D eigenvalue weighted by molar-refractivity contribution is -0.119. The van der Waals surface area contributed by atoms with Gasteiger partial charge in [0.2, 0.25) is 0 Å². The summed E-state index contributed by atoms with van der Waals surface area (Å²) in [6, 6.07) is 5.23. The molecule has 0 saturated heterocycles. The van der Waals surface area contributed by atoms with Crippen molar-refractivity contribution in [2.45, 2.75) is 39.4 Å². The Morgan fingerprint density at radius 1 is 1.19 bits per heavy atom. The Morgan fingerprint density at radius 2 is 1.90 bits per heavy atom. The molecule has 0 bridgehead atoms. The van der Waals surface area contributed by atoms with Crippen LogP contribution in [0.15, 0.2) is 18.2 Å². The number of anilines is 1. The van der Waals surface area contributed by atoms with Crippen LogP contribution < -0.4 is 10.2 Å². The highest BCUT2D eigenvalue weighted by Crippen LogP contribution is 2.32. The maximum absolute atomic E-state index is 12.8. The van der Waals surface area contributed by atoms with Crippen LogP contribution in [0, 0.1) is 0 Å². The molecule has 0 aliphatic carbocycles. The first kappa shape index (κ1) is 18.1. The lowest BCUT2D eigenvalue weighted by atomic mass is 10.1. The Bertz CT molecular complexity index is 435. The number of benzene rings is 1. The van der Waals surface area contributed by atoms with E-state index in [0.29, 0.717) is 30.2 Å². The van der Waals surface area contributed by atoms with Crippen molar-refractivity contribution in [3.63, 3.8) is 0 Å². The summed E-state index contributed by atoms with van der Waals surface area (Å²) in [6.45, 7) is 4.57. The second-order valence-corrected chi connectivity index (χ2v) is 5.37. The van der Waals surface area contributed by atoms with Crippen molar-refractivity contribution in [1.82, 2.24) is 5.32 Å². The maximum atomic E-state index is 12.8. The zero-order chi connectivity index (χ0) is 15.9. The topological polar surface area (TPSA) is 15.3 Å². The quantitative estimate of drug-likeness (QED) is 0.703. The van der Waals surface area contributed by atoms with Gasteiger partial charge in [-0.15, -0.1) is 0 Å². The Morgan fingerprint density at radius 3 is 2.48 bits per heavy atom. The van der Waals surface area contributed by atoms with Crippen LogP contribution in [-0.2, 0) is 6.54 Å². The lowest BCUT2D eigenvalue weighted by Gasteiger charge is -2.28. The number of nitrogens with one attached hydrogen (secondary N) is 1. The third kappa shape index (κ3) is 6.14. The molecular weight excluding hydrogens is 301 g/mol. The molecule has 0 aliphatic rings. The van der Waals surface area contributed by atoms with Gasteiger partial charge in [0.15, 0.2) is 0 Å². The number of alkyl halides is 3. The van der Waals surface area contributed by atoms with Crippen LogP contribution >= 0.6 is 11.6 Å². The molecule has 0 atom stereocenters. The molecule has 0 aromatic heterocycles. The summed E-state index contributed by atoms with van der Waals surface area (Å²) in [4.78, 5) is 1.32. The van der Waals surface area contributed by atoms with Crippen molar-refractivity contribution in [2.75, 3.05) is 24.5 Å². The van der Waals surface area contributed by atoms with Crippen LogP contribution in [0.1, 0.15) is 32.3 Å². The van der Waals surface area contributed by atoms with E-state index >= 15 is 0 Å². The Balaban J connectivity index is 3.04. The fraction of sp³-hybridized carbons (Fsp3) is 0.600. The molecule has 0 unspecified atom stereocenters. The van der Waals surface area contributed by atoms with E-state index in [4.69, 9.17) is 11.6 Å². The van der Waals surface area contributed by atoms with Gasteiger partial charge in [0, 0.05) is 13.1 Å². The molecule has 0 spiro atoms. The van der Waals surface area contributed by atoms with Crippen LogP contribution in [0.5, 0.6) is 0 Å². The fourth-order valence-corrected chi connectivity index (χ4v) is 2.53. The third-order valence-corrected chi connectivity index (χ3v) is 3.30. The van der Waals surface area contributed by atoms with Gasteiger partial charge in [-0.1, -0.05) is 37.6 Å². The molecular formula is C15H22ClF3N2. The molecule has 0 heterocycles. The molecule has 1 rings (SSSR count). The third-order valence-electron chi connectivity index (χ3n) is 2.99. The molecule has 0 saturated carbocycles. The van der Waals surface area contributed by atoms with Gasteiger partial charge in [-0.05, 0) is 31.0 Å². The molecule has 0 amide bonds. The molecule has 0 radical (unpaired) electrons. The summed E-state index contributed by atoms with van der Waals surface area (Å²) in [5, 5.41) is 3.58. The first-order chi connectivity index (χ1) is 9.89. The van der Waals surface area contributed by atoms with Gasteiger partial charge in [0.1, 0.15) is 6.54 Å². The van der Waals surface area contributed by atoms with Crippen LogP contribution in [-0.4, -0.2) is 25.8 Å². The van der Waals surface area contributed by atoms with Crippen LogP contribution in [0.25, 0.3) is 0 Å². The van der Waals surface area contributed by atoms with Crippen molar-refractivity contribution in [3.8, 4) is 0 Å². The molecule has 0 fully saturated rings. The zero-order valence-electron chi connectivity index (χ0n) is 12.4. The minimum Gasteiger partial charge on any atom is -0.361 e. The average Bonchev–Trinajstić information content (AvgIpc) is 2.37. The van der Waals surface area contributed by atoms with Gasteiger partial charge < -0.3 is 10.2 Å². The number of halogens is 4. The fourth-order valence-electron chi connectivity index (χ4n) is 2.21. The first-order valence-electron chi connectivity index (χ1n) is 7.18. The standard InChI is InChI=1S/C15H22ClF3N2/c1-3-8-20-10-12-6-5-7-13(16)14(12)21(9-4-2)11-15(17,18)19/h5-7,20H,3-4,8-11H2,1-2H3. The highest BCUT2D eigenvalue weighted by atomic mass is 35.5. The lowest BCUT2D eigenvalue weighted by Crippen LogP contribution is -2.36. The van der Waals surface area contributed by atoms with Gasteiger partial charge in [-0.2, -0.15) is 13.2 Å². The summed E-state index contributed by atoms with van der Waals surface area (Å²) in [6.07, 6.45) is -2.65. The van der Waals surface area contributed by atoms with Gasteiger partial charge in [-0.25, -0.2) is 0 Å². The Kier molecular flexibility index (Phi) is 7.32. The van der Waals surface area contributed by atoms with Gasteiger partial charge in [0.05, 0.1) is 10.7 Å². The second kappa shape index (κ2) is 8.49. The van der Waals surface area contributed by atoms with E-state index in [1.807, 2.05) is 19.9 Å². The van der Waals surface area contributed by atoms with Crippen molar-refractivity contribution >= 4 is 17.3 Å². The van der Waals surface area contributed by atoms with E-state index in [1.54, 1.807) is 12.1 Å². The smallest absolute Gasteiger partial charge is 0.361 e. The predicted molar refractivity (Wildman–Crippen MR) is 82.0 cm³/mol. The van der Waals surface area contributed by atoms with E-state index in [-0.39, 0.29) is 0 Å². The van der Waals surface area contributed by atoms with Crippen molar-refractivity contribution in [3.05, 3.63) is 28.8 Å². The van der Waals surface area contributed by atoms with Crippen molar-refractivity contribution in [1.29, 1.82) is 0 Å². The molecule has 2 nitrogen and oxygen atoms in total. The molecule has 1 aromatic carbocycles. The number of nitrogens with zero attached hydrogens (tertiary/aromatic N) is 1. The average molecular weight is 323 g/mol. The summed E-state index contributed by atoms with van der Waals surface area (Å²) in [5.41, 5.74) is 1.29. The van der Waals surface area contributed by atoms with Gasteiger partial charge in [0.25, 0.3) is 0 Å². The molecule has 1 N–H and O–H groups in total. The van der Waals surface area contributed by atoms with Crippen LogP contribution in [0.2, 0.25) is 5.02 Å². The van der Waals surface area contributed by atoms with E-state index in [2.05, 4.69) is 5.32 Å². The number of hydrogen-bond acceptors (Lipinski definition) is 2. The van der Waals surface area contributed by atoms with E-state index in [9.17, 15) is 13.2 Å². The highest BCUT2D eigenvalue weighted by Gasteiger charge is 2.32. The predicted octanol–water partition coefficient (Wildman–Crippen LogP) is 4.62. The summed E-state index contributed by atoms with van der Waals surface area (Å²) in [7, 11) is 0. The van der Waals surface area contributed by atoms with E-state index in [1.165, 1.54) is 4.90 Å². The molecule has 21 heavy (non-hydrogen) atoms. The van der Waals surface area contributed by atoms with E-state index < -0.39 is 12.7 Å². The van der Waals surface area contributed by atoms with Crippen LogP contribution in [0.4, 0.5) is 18.9 Å². The molecule has 120 valence electrons. The van der Waals surface area contributed by atoms with Gasteiger partial charge in [-0.3, -0.25) is 0 Å². The summed E-state index contributed by atoms with van der Waals surface area (Å²) >= 11 is 6.16. The molecule has 0 aliphatic heterocycles. The molecule has 1 aromatic rings.